The molecule has 1 heterocycles. The van der Waals surface area contributed by atoms with Gasteiger partial charge < -0.3 is 15.7 Å². The van der Waals surface area contributed by atoms with E-state index in [-0.39, 0.29) is 5.91 Å². The number of carbonyl (C=O) groups excluding carboxylic acids is 1. The van der Waals surface area contributed by atoms with Gasteiger partial charge in [-0.2, -0.15) is 0 Å². The molecule has 4 nitrogen and oxygen atoms in total. The highest BCUT2D eigenvalue weighted by Gasteiger charge is 2.26. The first-order valence-electron chi connectivity index (χ1n) is 6.40. The Labute approximate surface area is 97.8 Å². The summed E-state index contributed by atoms with van der Waals surface area (Å²) in [5.41, 5.74) is 5.41. The summed E-state index contributed by atoms with van der Waals surface area (Å²) in [6.45, 7) is 2.14. The summed E-state index contributed by atoms with van der Waals surface area (Å²) >= 11 is 0. The lowest BCUT2D eigenvalue weighted by molar-refractivity contribution is -0.127. The number of amides is 1. The normalized spacial score (nSPS) is 20.8. The van der Waals surface area contributed by atoms with Crippen molar-refractivity contribution in [1.82, 2.24) is 4.90 Å². The van der Waals surface area contributed by atoms with Gasteiger partial charge in [0.2, 0.25) is 5.91 Å². The van der Waals surface area contributed by atoms with Crippen LogP contribution in [0.5, 0.6) is 0 Å². The number of hydrogen-bond acceptors (Lipinski definition) is 3. The van der Waals surface area contributed by atoms with Gasteiger partial charge in [-0.3, -0.25) is 4.79 Å². The fourth-order valence-electron chi connectivity index (χ4n) is 2.12. The molecule has 4 heteroatoms. The van der Waals surface area contributed by atoms with Crippen LogP contribution in [-0.2, 0) is 4.79 Å². The number of nitrogens with zero attached hydrogens (tertiary/aromatic N) is 1. The molecule has 0 aromatic carbocycles. The van der Waals surface area contributed by atoms with Gasteiger partial charge in [0.25, 0.3) is 0 Å². The summed E-state index contributed by atoms with van der Waals surface area (Å²) in [5, 5.41) is 9.30. The second kappa shape index (κ2) is 7.63. The van der Waals surface area contributed by atoms with E-state index in [0.29, 0.717) is 13.0 Å². The summed E-state index contributed by atoms with van der Waals surface area (Å²) in [6.07, 6.45) is 6.92. The SMILES string of the molecule is NCCCCCCCCN1CC(O)CC1=O. The predicted molar refractivity (Wildman–Crippen MR) is 64.0 cm³/mol. The van der Waals surface area contributed by atoms with Gasteiger partial charge in [-0.25, -0.2) is 0 Å². The van der Waals surface area contributed by atoms with Gasteiger partial charge in [-0.15, -0.1) is 0 Å². The van der Waals surface area contributed by atoms with Crippen LogP contribution >= 0.6 is 0 Å². The van der Waals surface area contributed by atoms with Gasteiger partial charge in [0, 0.05) is 13.1 Å². The molecule has 1 aliphatic heterocycles. The van der Waals surface area contributed by atoms with Gasteiger partial charge >= 0.3 is 0 Å². The molecule has 1 saturated heterocycles. The number of β-amino-alcohol motifs (C(OH)–C–C–N with tert-alkyl or cyclic N) is 1. The minimum Gasteiger partial charge on any atom is -0.391 e. The molecule has 0 aromatic rings. The average molecular weight is 228 g/mol. The summed E-state index contributed by atoms with van der Waals surface area (Å²) in [7, 11) is 0. The van der Waals surface area contributed by atoms with Gasteiger partial charge in [0.1, 0.15) is 0 Å². The Morgan fingerprint density at radius 2 is 1.81 bits per heavy atom. The maximum absolute atomic E-state index is 11.3. The third-order valence-electron chi connectivity index (χ3n) is 3.08. The smallest absolute Gasteiger partial charge is 0.225 e. The quantitative estimate of drug-likeness (QED) is 0.606. The predicted octanol–water partition coefficient (Wildman–Crippen LogP) is 0.879. The molecule has 1 fully saturated rings. The van der Waals surface area contributed by atoms with Crippen LogP contribution in [0.15, 0.2) is 0 Å². The molecule has 1 atom stereocenters. The van der Waals surface area contributed by atoms with E-state index in [2.05, 4.69) is 0 Å². The van der Waals surface area contributed by atoms with Crippen molar-refractivity contribution < 1.29 is 9.90 Å². The van der Waals surface area contributed by atoms with Crippen molar-refractivity contribution in [3.8, 4) is 0 Å². The second-order valence-electron chi connectivity index (χ2n) is 4.61. The number of rotatable bonds is 8. The molecule has 0 radical (unpaired) electrons. The third kappa shape index (κ3) is 4.94. The Hall–Kier alpha value is -0.610. The lowest BCUT2D eigenvalue weighted by atomic mass is 10.1. The van der Waals surface area contributed by atoms with E-state index in [4.69, 9.17) is 5.73 Å². The molecule has 1 unspecified atom stereocenters. The van der Waals surface area contributed by atoms with E-state index in [0.717, 1.165) is 25.9 Å². The van der Waals surface area contributed by atoms with Gasteiger partial charge in [-0.05, 0) is 19.4 Å². The van der Waals surface area contributed by atoms with Crippen molar-refractivity contribution in [3.63, 3.8) is 0 Å². The van der Waals surface area contributed by atoms with E-state index in [9.17, 15) is 9.90 Å². The van der Waals surface area contributed by atoms with Crippen LogP contribution in [0.3, 0.4) is 0 Å². The highest BCUT2D eigenvalue weighted by molar-refractivity contribution is 5.78. The molecule has 1 aliphatic rings. The van der Waals surface area contributed by atoms with E-state index in [1.807, 2.05) is 0 Å². The topological polar surface area (TPSA) is 66.6 Å². The zero-order valence-corrected chi connectivity index (χ0v) is 10.0. The first kappa shape index (κ1) is 13.5. The fourth-order valence-corrected chi connectivity index (χ4v) is 2.12. The molecule has 1 rings (SSSR count). The minimum atomic E-state index is -0.433. The highest BCUT2D eigenvalue weighted by Crippen LogP contribution is 2.12. The van der Waals surface area contributed by atoms with Crippen LogP contribution in [0.1, 0.15) is 44.9 Å². The first-order chi connectivity index (χ1) is 7.74. The summed E-state index contributed by atoms with van der Waals surface area (Å²) in [6, 6.07) is 0. The minimum absolute atomic E-state index is 0.107. The third-order valence-corrected chi connectivity index (χ3v) is 3.08. The second-order valence-corrected chi connectivity index (χ2v) is 4.61. The zero-order valence-electron chi connectivity index (χ0n) is 10.0. The molecular weight excluding hydrogens is 204 g/mol. The summed E-state index contributed by atoms with van der Waals surface area (Å²) < 4.78 is 0. The Bertz CT molecular complexity index is 209. The number of unbranched alkanes of at least 4 members (excludes halogenated alkanes) is 5. The van der Waals surface area contributed by atoms with E-state index < -0.39 is 6.10 Å². The van der Waals surface area contributed by atoms with Crippen LogP contribution in [-0.4, -0.2) is 41.7 Å². The van der Waals surface area contributed by atoms with Gasteiger partial charge in [0.05, 0.1) is 12.5 Å². The monoisotopic (exact) mass is 228 g/mol. The van der Waals surface area contributed by atoms with E-state index in [1.54, 1.807) is 4.90 Å². The van der Waals surface area contributed by atoms with Crippen molar-refractivity contribution in [2.24, 2.45) is 5.73 Å². The molecule has 1 amide bonds. The van der Waals surface area contributed by atoms with Crippen LogP contribution in [0.4, 0.5) is 0 Å². The lowest BCUT2D eigenvalue weighted by Gasteiger charge is -2.15. The first-order valence-corrected chi connectivity index (χ1v) is 6.40. The molecule has 16 heavy (non-hydrogen) atoms. The van der Waals surface area contributed by atoms with Crippen molar-refractivity contribution >= 4 is 5.91 Å². The summed E-state index contributed by atoms with van der Waals surface area (Å²) in [4.78, 5) is 13.1. The van der Waals surface area contributed by atoms with Crippen molar-refractivity contribution in [3.05, 3.63) is 0 Å². The molecule has 0 bridgehead atoms. The van der Waals surface area contributed by atoms with Crippen LogP contribution in [0.25, 0.3) is 0 Å². The number of aliphatic hydroxyl groups excluding tert-OH is 1. The molecule has 0 saturated carbocycles. The fraction of sp³-hybridized carbons (Fsp3) is 0.917. The van der Waals surface area contributed by atoms with E-state index >= 15 is 0 Å². The maximum atomic E-state index is 11.3. The standard InChI is InChI=1S/C12H24N2O2/c13-7-5-3-1-2-4-6-8-14-10-11(15)9-12(14)16/h11,15H,1-10,13H2. The van der Waals surface area contributed by atoms with E-state index in [1.165, 1.54) is 25.7 Å². The average Bonchev–Trinajstić information content (AvgIpc) is 2.56. The highest BCUT2D eigenvalue weighted by atomic mass is 16.3. The van der Waals surface area contributed by atoms with Gasteiger partial charge in [0.15, 0.2) is 0 Å². The molecule has 3 N–H and O–H groups in total. The van der Waals surface area contributed by atoms with Crippen molar-refractivity contribution in [2.45, 2.75) is 51.0 Å². The molecule has 94 valence electrons. The Kier molecular flexibility index (Phi) is 6.42. The van der Waals surface area contributed by atoms with Crippen molar-refractivity contribution in [1.29, 1.82) is 0 Å². The number of likely N-dealkylation sites (tertiary alicyclic amines) is 1. The van der Waals surface area contributed by atoms with Crippen LogP contribution in [0.2, 0.25) is 0 Å². The molecule has 0 aliphatic carbocycles. The summed E-state index contributed by atoms with van der Waals surface area (Å²) in [5.74, 6) is 0.107. The Morgan fingerprint density at radius 1 is 1.19 bits per heavy atom. The number of hydrogen-bond donors (Lipinski definition) is 2. The van der Waals surface area contributed by atoms with Crippen LogP contribution in [0, 0.1) is 0 Å². The number of carbonyl (C=O) groups is 1. The van der Waals surface area contributed by atoms with Crippen LogP contribution < -0.4 is 5.73 Å². The van der Waals surface area contributed by atoms with Gasteiger partial charge in [-0.1, -0.05) is 25.7 Å². The Morgan fingerprint density at radius 3 is 2.38 bits per heavy atom. The molecule has 0 spiro atoms. The number of aliphatic hydroxyl groups is 1. The van der Waals surface area contributed by atoms with Crippen molar-refractivity contribution in [2.75, 3.05) is 19.6 Å². The molecular formula is C12H24N2O2. The zero-order chi connectivity index (χ0) is 11.8. The maximum Gasteiger partial charge on any atom is 0.225 e. The molecule has 0 aromatic heterocycles. The lowest BCUT2D eigenvalue weighted by Crippen LogP contribution is -2.26. The Balaban J connectivity index is 1.93. The largest absolute Gasteiger partial charge is 0.391 e. The number of nitrogens with two attached hydrogens (primary N) is 1.